The van der Waals surface area contributed by atoms with Gasteiger partial charge in [0.25, 0.3) is 0 Å². The smallest absolute Gasteiger partial charge is 0.127 e. The molecule has 0 unspecified atom stereocenters. The second kappa shape index (κ2) is 2.06. The van der Waals surface area contributed by atoms with Gasteiger partial charge in [-0.2, -0.15) is 0 Å². The first-order chi connectivity index (χ1) is 3.00. The normalized spacial score (nSPS) is 20.0. The Hall–Kier alpha value is -0.195. The van der Waals surface area contributed by atoms with Crippen LogP contribution in [0, 0.1) is 0 Å². The molecule has 1 aliphatic heterocycles. The Kier molecular flexibility index (Phi) is 1.37. The summed E-state index contributed by atoms with van der Waals surface area (Å²) in [5.41, 5.74) is 0. The summed E-state index contributed by atoms with van der Waals surface area (Å²) in [6, 6.07) is 0. The van der Waals surface area contributed by atoms with Crippen LogP contribution in [0.4, 0.5) is 0 Å². The van der Waals surface area contributed by atoms with E-state index in [1.807, 2.05) is 0 Å². The predicted molar refractivity (Wildman–Crippen MR) is 28.9 cm³/mol. The van der Waals surface area contributed by atoms with Crippen LogP contribution < -0.4 is 0 Å². The first-order valence-electron chi connectivity index (χ1n) is 2.48. The Morgan fingerprint density at radius 3 is 2.67 bits per heavy atom. The summed E-state index contributed by atoms with van der Waals surface area (Å²) in [4.78, 5) is 0. The minimum Gasteiger partial charge on any atom is -0.127 e. The van der Waals surface area contributed by atoms with Gasteiger partial charge in [-0.05, 0) is 6.42 Å². The highest BCUT2D eigenvalue weighted by molar-refractivity contribution is 6.42. The van der Waals surface area contributed by atoms with Crippen LogP contribution in [-0.4, -0.2) is 7.28 Å². The summed E-state index contributed by atoms with van der Waals surface area (Å²) in [7, 11) is 2.21. The zero-order chi connectivity index (χ0) is 4.24. The van der Waals surface area contributed by atoms with Crippen molar-refractivity contribution in [3.63, 3.8) is 0 Å². The summed E-state index contributed by atoms with van der Waals surface area (Å²) >= 11 is 0. The number of hydrogen-bond acceptors (Lipinski definition) is 0. The van der Waals surface area contributed by atoms with Crippen LogP contribution in [0.25, 0.3) is 0 Å². The van der Waals surface area contributed by atoms with Gasteiger partial charge in [0.05, 0.1) is 0 Å². The van der Waals surface area contributed by atoms with Gasteiger partial charge in [-0.15, -0.1) is 5.98 Å². The molecule has 1 heterocycles. The van der Waals surface area contributed by atoms with Gasteiger partial charge in [-0.3, -0.25) is 0 Å². The molecular formula is C5H8B. The van der Waals surface area contributed by atoms with Crippen LogP contribution in [-0.2, 0) is 0 Å². The van der Waals surface area contributed by atoms with E-state index in [9.17, 15) is 0 Å². The molecule has 0 aromatic carbocycles. The van der Waals surface area contributed by atoms with Crippen molar-refractivity contribution >= 4 is 7.28 Å². The molecule has 0 N–H and O–H groups in total. The molecule has 0 bridgehead atoms. The minimum atomic E-state index is 1.29. The maximum Gasteiger partial charge on any atom is 0.140 e. The SMILES string of the molecule is [B]1C=CCCC1. The molecule has 1 rings (SSSR count). The van der Waals surface area contributed by atoms with Crippen molar-refractivity contribution in [3.05, 3.63) is 12.1 Å². The lowest BCUT2D eigenvalue weighted by molar-refractivity contribution is 0.940. The highest BCUT2D eigenvalue weighted by Gasteiger charge is 1.89. The fourth-order valence-corrected chi connectivity index (χ4v) is 0.642. The minimum absolute atomic E-state index is 1.29. The quantitative estimate of drug-likeness (QED) is 0.385. The van der Waals surface area contributed by atoms with E-state index in [0.29, 0.717) is 0 Å². The molecule has 1 heteroatoms. The highest BCUT2D eigenvalue weighted by atomic mass is 13.8. The third-order valence-electron chi connectivity index (χ3n) is 1.01. The second-order valence-corrected chi connectivity index (χ2v) is 1.59. The molecule has 0 aliphatic carbocycles. The van der Waals surface area contributed by atoms with Gasteiger partial charge in [0.15, 0.2) is 0 Å². The Morgan fingerprint density at radius 2 is 2.50 bits per heavy atom. The Balaban J connectivity index is 2.26. The molecule has 0 amide bonds. The van der Waals surface area contributed by atoms with Crippen LogP contribution in [0.15, 0.2) is 12.1 Å². The van der Waals surface area contributed by atoms with Gasteiger partial charge in [0, 0.05) is 0 Å². The number of hydrogen-bond donors (Lipinski definition) is 0. The van der Waals surface area contributed by atoms with Crippen molar-refractivity contribution in [2.75, 3.05) is 0 Å². The van der Waals surface area contributed by atoms with Crippen LogP contribution in [0.5, 0.6) is 0 Å². The summed E-state index contributed by atoms with van der Waals surface area (Å²) in [6.45, 7) is 0. The maximum absolute atomic E-state index is 2.21. The number of rotatable bonds is 0. The molecule has 0 saturated carbocycles. The zero-order valence-electron chi connectivity index (χ0n) is 3.85. The summed E-state index contributed by atoms with van der Waals surface area (Å²) in [5.74, 6) is 2.14. The van der Waals surface area contributed by atoms with Gasteiger partial charge in [-0.1, -0.05) is 18.8 Å². The zero-order valence-corrected chi connectivity index (χ0v) is 3.85. The average Bonchev–Trinajstić information content (AvgIpc) is 1.72. The molecule has 0 fully saturated rings. The van der Waals surface area contributed by atoms with Crippen molar-refractivity contribution in [2.45, 2.75) is 19.2 Å². The first-order valence-corrected chi connectivity index (χ1v) is 2.48. The monoisotopic (exact) mass is 79.1 g/mol. The third kappa shape index (κ3) is 0.888. The van der Waals surface area contributed by atoms with Gasteiger partial charge in [0.2, 0.25) is 0 Å². The van der Waals surface area contributed by atoms with E-state index >= 15 is 0 Å². The van der Waals surface area contributed by atoms with Crippen LogP contribution in [0.2, 0.25) is 6.32 Å². The molecule has 0 saturated heterocycles. The lowest BCUT2D eigenvalue weighted by Crippen LogP contribution is -1.88. The largest absolute Gasteiger partial charge is 0.140 e. The van der Waals surface area contributed by atoms with E-state index < -0.39 is 0 Å². The van der Waals surface area contributed by atoms with E-state index in [1.165, 1.54) is 19.2 Å². The molecular weight excluding hydrogens is 70.9 g/mol. The summed E-state index contributed by atoms with van der Waals surface area (Å²) in [6.07, 6.45) is 6.15. The van der Waals surface area contributed by atoms with Gasteiger partial charge < -0.3 is 0 Å². The molecule has 0 spiro atoms. The van der Waals surface area contributed by atoms with Gasteiger partial charge >= 0.3 is 0 Å². The van der Waals surface area contributed by atoms with Crippen molar-refractivity contribution in [2.24, 2.45) is 0 Å². The lowest BCUT2D eigenvalue weighted by atomic mass is 9.70. The summed E-state index contributed by atoms with van der Waals surface area (Å²) in [5, 5.41) is 0. The van der Waals surface area contributed by atoms with Crippen LogP contribution in [0.3, 0.4) is 0 Å². The number of allylic oxidation sites excluding steroid dienone is 1. The van der Waals surface area contributed by atoms with E-state index in [-0.39, 0.29) is 0 Å². The molecule has 31 valence electrons. The Bertz CT molecular complexity index is 49.0. The van der Waals surface area contributed by atoms with E-state index in [2.05, 4.69) is 19.3 Å². The third-order valence-corrected chi connectivity index (χ3v) is 1.01. The van der Waals surface area contributed by atoms with Crippen molar-refractivity contribution in [1.29, 1.82) is 0 Å². The molecule has 0 atom stereocenters. The maximum atomic E-state index is 2.21. The lowest BCUT2D eigenvalue weighted by Gasteiger charge is -1.96. The highest BCUT2D eigenvalue weighted by Crippen LogP contribution is 2.01. The molecule has 1 aliphatic rings. The van der Waals surface area contributed by atoms with Gasteiger partial charge in [-0.25, -0.2) is 0 Å². The Morgan fingerprint density at radius 1 is 1.50 bits per heavy atom. The molecule has 0 aromatic rings. The Labute approximate surface area is 39.5 Å². The predicted octanol–water partition coefficient (Wildman–Crippen LogP) is 1.42. The second-order valence-electron chi connectivity index (χ2n) is 1.59. The average molecular weight is 78.9 g/mol. The summed E-state index contributed by atoms with van der Waals surface area (Å²) < 4.78 is 0. The van der Waals surface area contributed by atoms with Crippen molar-refractivity contribution in [1.82, 2.24) is 0 Å². The first kappa shape index (κ1) is 3.98. The fraction of sp³-hybridized carbons (Fsp3) is 0.600. The van der Waals surface area contributed by atoms with Crippen molar-refractivity contribution < 1.29 is 0 Å². The van der Waals surface area contributed by atoms with Crippen LogP contribution in [0.1, 0.15) is 12.8 Å². The molecule has 0 nitrogen and oxygen atoms in total. The molecule has 6 heavy (non-hydrogen) atoms. The fourth-order valence-electron chi connectivity index (χ4n) is 0.642. The molecule has 0 aromatic heterocycles. The molecule has 1 radical (unpaired) electrons. The van der Waals surface area contributed by atoms with E-state index in [0.717, 1.165) is 0 Å². The standard InChI is InChI=1S/C5H8B/c1-2-4-6-5-3-1/h2,4H,1,3,5H2. The van der Waals surface area contributed by atoms with Crippen LogP contribution >= 0.6 is 0 Å². The van der Waals surface area contributed by atoms with Crippen molar-refractivity contribution in [3.8, 4) is 0 Å². The van der Waals surface area contributed by atoms with E-state index in [1.54, 1.807) is 0 Å². The van der Waals surface area contributed by atoms with Gasteiger partial charge in [0.1, 0.15) is 7.28 Å². The van der Waals surface area contributed by atoms with E-state index in [4.69, 9.17) is 0 Å². The topological polar surface area (TPSA) is 0 Å².